The first kappa shape index (κ1) is 22.2. The molecule has 34 heavy (non-hydrogen) atoms. The van der Waals surface area contributed by atoms with E-state index < -0.39 is 0 Å². The van der Waals surface area contributed by atoms with Crippen LogP contribution in [0.3, 0.4) is 0 Å². The standard InChI is InChI=1S/C23H19ClN6O3S/c1-33-17-12-26-19(24)8-14(17)13-5-6-25-10-15(13)22(32)29-23-28-16-11-27-20(9-18(16)34-23)30-7-3-2-4-21(30)31/h5-6,8-12H,2-4,7H2,1H3,(H,28,29,32). The quantitative estimate of drug-likeness (QED) is 0.404. The number of hydrogen-bond donors (Lipinski definition) is 1. The number of ether oxygens (including phenoxy) is 1. The van der Waals surface area contributed by atoms with E-state index in [1.807, 2.05) is 6.07 Å². The number of thiazole rings is 1. The normalized spacial score (nSPS) is 13.8. The Morgan fingerprint density at radius 2 is 2.06 bits per heavy atom. The number of pyridine rings is 3. The molecule has 1 fully saturated rings. The lowest BCUT2D eigenvalue weighted by molar-refractivity contribution is -0.119. The average molecular weight is 495 g/mol. The van der Waals surface area contributed by atoms with Crippen LogP contribution < -0.4 is 15.0 Å². The fourth-order valence-electron chi connectivity index (χ4n) is 3.84. The van der Waals surface area contributed by atoms with Crippen LogP contribution in [-0.2, 0) is 4.79 Å². The number of rotatable bonds is 5. The molecule has 1 N–H and O–H groups in total. The topological polar surface area (TPSA) is 110 Å². The molecular formula is C23H19ClN6O3S. The third kappa shape index (κ3) is 4.29. The number of nitrogens with zero attached hydrogens (tertiary/aromatic N) is 5. The lowest BCUT2D eigenvalue weighted by atomic mass is 10.0. The Bertz CT molecular complexity index is 1410. The van der Waals surface area contributed by atoms with E-state index in [9.17, 15) is 9.59 Å². The van der Waals surface area contributed by atoms with Crippen molar-refractivity contribution < 1.29 is 14.3 Å². The molecule has 5 rings (SSSR count). The molecule has 1 aliphatic heterocycles. The molecule has 0 saturated carbocycles. The van der Waals surface area contributed by atoms with Crippen molar-refractivity contribution in [2.24, 2.45) is 0 Å². The number of carbonyl (C=O) groups excluding carboxylic acids is 2. The molecule has 0 atom stereocenters. The van der Waals surface area contributed by atoms with Crippen LogP contribution in [0, 0.1) is 0 Å². The molecule has 1 aliphatic rings. The molecule has 9 nitrogen and oxygen atoms in total. The minimum absolute atomic E-state index is 0.0758. The second-order valence-electron chi connectivity index (χ2n) is 7.61. The van der Waals surface area contributed by atoms with Crippen molar-refractivity contribution in [2.45, 2.75) is 19.3 Å². The Labute approximate surface area is 203 Å². The molecule has 11 heteroatoms. The third-order valence-electron chi connectivity index (χ3n) is 5.49. The summed E-state index contributed by atoms with van der Waals surface area (Å²) >= 11 is 7.40. The van der Waals surface area contributed by atoms with E-state index in [1.165, 1.54) is 30.8 Å². The summed E-state index contributed by atoms with van der Waals surface area (Å²) < 4.78 is 6.22. The maximum Gasteiger partial charge on any atom is 0.259 e. The number of methoxy groups -OCH3 is 1. The summed E-state index contributed by atoms with van der Waals surface area (Å²) in [7, 11) is 1.52. The van der Waals surface area contributed by atoms with E-state index in [0.29, 0.717) is 51.9 Å². The Balaban J connectivity index is 1.44. The highest BCUT2D eigenvalue weighted by Crippen LogP contribution is 2.34. The fraction of sp³-hybridized carbons (Fsp3) is 0.217. The van der Waals surface area contributed by atoms with Gasteiger partial charge in [0.2, 0.25) is 5.91 Å². The van der Waals surface area contributed by atoms with Gasteiger partial charge in [0.15, 0.2) is 5.13 Å². The summed E-state index contributed by atoms with van der Waals surface area (Å²) in [4.78, 5) is 44.2. The maximum atomic E-state index is 13.2. The summed E-state index contributed by atoms with van der Waals surface area (Å²) in [5, 5.41) is 3.54. The highest BCUT2D eigenvalue weighted by Gasteiger charge is 2.22. The zero-order chi connectivity index (χ0) is 23.7. The summed E-state index contributed by atoms with van der Waals surface area (Å²) in [5.74, 6) is 0.786. The molecule has 4 aromatic rings. The number of anilines is 2. The molecule has 172 valence electrons. The van der Waals surface area contributed by atoms with Gasteiger partial charge in [0, 0.05) is 42.6 Å². The molecule has 0 bridgehead atoms. The van der Waals surface area contributed by atoms with E-state index in [2.05, 4.69) is 25.3 Å². The van der Waals surface area contributed by atoms with Crippen molar-refractivity contribution in [3.05, 3.63) is 53.7 Å². The highest BCUT2D eigenvalue weighted by molar-refractivity contribution is 7.22. The van der Waals surface area contributed by atoms with Crippen molar-refractivity contribution in [2.75, 3.05) is 23.9 Å². The number of amides is 2. The number of piperidine rings is 1. The minimum Gasteiger partial charge on any atom is -0.494 e. The van der Waals surface area contributed by atoms with Crippen LogP contribution in [0.25, 0.3) is 21.3 Å². The van der Waals surface area contributed by atoms with Crippen LogP contribution in [-0.4, -0.2) is 45.4 Å². The molecule has 0 radical (unpaired) electrons. The van der Waals surface area contributed by atoms with Gasteiger partial charge in [-0.2, -0.15) is 0 Å². The van der Waals surface area contributed by atoms with Gasteiger partial charge in [0.05, 0.1) is 29.8 Å². The van der Waals surface area contributed by atoms with E-state index in [-0.39, 0.29) is 17.0 Å². The van der Waals surface area contributed by atoms with Crippen molar-refractivity contribution in [3.63, 3.8) is 0 Å². The summed E-state index contributed by atoms with van der Waals surface area (Å²) in [6.07, 6.45) is 8.59. The van der Waals surface area contributed by atoms with Crippen LogP contribution >= 0.6 is 22.9 Å². The smallest absolute Gasteiger partial charge is 0.259 e. The third-order valence-corrected chi connectivity index (χ3v) is 6.63. The monoisotopic (exact) mass is 494 g/mol. The zero-order valence-corrected chi connectivity index (χ0v) is 19.7. The predicted molar refractivity (Wildman–Crippen MR) is 131 cm³/mol. The van der Waals surface area contributed by atoms with Crippen LogP contribution in [0.4, 0.5) is 10.9 Å². The predicted octanol–water partition coefficient (Wildman–Crippen LogP) is 4.58. The average Bonchev–Trinajstić information content (AvgIpc) is 3.25. The maximum absolute atomic E-state index is 13.2. The van der Waals surface area contributed by atoms with Gasteiger partial charge in [-0.25, -0.2) is 15.0 Å². The lowest BCUT2D eigenvalue weighted by Gasteiger charge is -2.25. The van der Waals surface area contributed by atoms with Gasteiger partial charge < -0.3 is 4.74 Å². The van der Waals surface area contributed by atoms with Gasteiger partial charge in [-0.3, -0.25) is 24.8 Å². The number of aromatic nitrogens is 4. The second kappa shape index (κ2) is 9.32. The fourth-order valence-corrected chi connectivity index (χ4v) is 4.86. The highest BCUT2D eigenvalue weighted by atomic mass is 35.5. The summed E-state index contributed by atoms with van der Waals surface area (Å²) in [6.45, 7) is 0.659. The van der Waals surface area contributed by atoms with Gasteiger partial charge in [0.25, 0.3) is 5.91 Å². The number of fused-ring (bicyclic) bond motifs is 1. The molecule has 4 aromatic heterocycles. The van der Waals surface area contributed by atoms with Crippen LogP contribution in [0.5, 0.6) is 5.75 Å². The molecule has 0 spiro atoms. The Hall–Kier alpha value is -3.63. The molecule has 5 heterocycles. The van der Waals surface area contributed by atoms with Crippen molar-refractivity contribution in [1.82, 2.24) is 19.9 Å². The first-order valence-corrected chi connectivity index (χ1v) is 11.7. The summed E-state index contributed by atoms with van der Waals surface area (Å²) in [6, 6.07) is 5.19. The zero-order valence-electron chi connectivity index (χ0n) is 18.1. The van der Waals surface area contributed by atoms with E-state index in [1.54, 1.807) is 29.4 Å². The van der Waals surface area contributed by atoms with Gasteiger partial charge in [-0.1, -0.05) is 22.9 Å². The molecule has 2 amide bonds. The Kier molecular flexibility index (Phi) is 6.08. The van der Waals surface area contributed by atoms with Crippen LogP contribution in [0.15, 0.2) is 43.0 Å². The van der Waals surface area contributed by atoms with Gasteiger partial charge in [0.1, 0.15) is 22.2 Å². The SMILES string of the molecule is COc1cnc(Cl)cc1-c1ccncc1C(=O)Nc1nc2cnc(N3CCCCC3=O)cc2s1. The van der Waals surface area contributed by atoms with Gasteiger partial charge >= 0.3 is 0 Å². The number of nitrogens with one attached hydrogen (secondary N) is 1. The Morgan fingerprint density at radius 3 is 2.88 bits per heavy atom. The molecule has 1 saturated heterocycles. The van der Waals surface area contributed by atoms with E-state index in [4.69, 9.17) is 16.3 Å². The molecule has 0 unspecified atom stereocenters. The van der Waals surface area contributed by atoms with Gasteiger partial charge in [-0.15, -0.1) is 0 Å². The number of halogens is 1. The first-order chi connectivity index (χ1) is 16.5. The minimum atomic E-state index is -0.378. The lowest BCUT2D eigenvalue weighted by Crippen LogP contribution is -2.35. The molecular weight excluding hydrogens is 476 g/mol. The largest absolute Gasteiger partial charge is 0.494 e. The Morgan fingerprint density at radius 1 is 1.18 bits per heavy atom. The number of hydrogen-bond acceptors (Lipinski definition) is 8. The van der Waals surface area contributed by atoms with Crippen molar-refractivity contribution in [3.8, 4) is 16.9 Å². The molecule has 0 aromatic carbocycles. The van der Waals surface area contributed by atoms with Crippen molar-refractivity contribution in [1.29, 1.82) is 0 Å². The van der Waals surface area contributed by atoms with Gasteiger partial charge in [-0.05, 0) is 25.0 Å². The van der Waals surface area contributed by atoms with Crippen molar-refractivity contribution >= 4 is 55.9 Å². The second-order valence-corrected chi connectivity index (χ2v) is 9.03. The molecule has 0 aliphatic carbocycles. The first-order valence-electron chi connectivity index (χ1n) is 10.6. The van der Waals surface area contributed by atoms with Crippen LogP contribution in [0.1, 0.15) is 29.6 Å². The summed E-state index contributed by atoms with van der Waals surface area (Å²) in [5.41, 5.74) is 2.20. The number of carbonyl (C=O) groups is 2. The van der Waals surface area contributed by atoms with Crippen LogP contribution in [0.2, 0.25) is 5.15 Å². The van der Waals surface area contributed by atoms with E-state index >= 15 is 0 Å². The van der Waals surface area contributed by atoms with E-state index in [0.717, 1.165) is 17.5 Å².